The number of nitrogens with zero attached hydrogens (tertiary/aromatic N) is 3. The molecule has 2 aromatic heterocycles. The largest absolute Gasteiger partial charge is 0.485 e. The van der Waals surface area contributed by atoms with E-state index in [0.717, 1.165) is 0 Å². The number of pyridine rings is 2. The average molecular weight is 498 g/mol. The lowest BCUT2D eigenvalue weighted by molar-refractivity contribution is -0.148. The molecule has 190 valence electrons. The highest BCUT2D eigenvalue weighted by Gasteiger charge is 2.42. The first-order chi connectivity index (χ1) is 16.5. The molecule has 0 saturated heterocycles. The monoisotopic (exact) mass is 498 g/mol. The summed E-state index contributed by atoms with van der Waals surface area (Å²) in [5, 5.41) is 11.5. The number of aliphatic hydroxyl groups excluding tert-OH is 1. The van der Waals surface area contributed by atoms with Crippen LogP contribution in [-0.4, -0.2) is 63.9 Å². The molecule has 1 atom stereocenters. The van der Waals surface area contributed by atoms with Crippen molar-refractivity contribution in [2.24, 2.45) is 0 Å². The number of carbonyl (C=O) groups is 2. The van der Waals surface area contributed by atoms with E-state index in [1.54, 1.807) is 30.9 Å². The highest BCUT2D eigenvalue weighted by molar-refractivity contribution is 5.99. The number of carbonyl (C=O) groups excluding carboxylic acids is 2. The predicted octanol–water partition coefficient (Wildman–Crippen LogP) is 2.82. The number of rotatable bonds is 11. The quantitative estimate of drug-likeness (QED) is 0.365. The molecule has 0 bridgehead atoms. The third-order valence-electron chi connectivity index (χ3n) is 5.67. The van der Waals surface area contributed by atoms with Gasteiger partial charge in [0.25, 0.3) is 5.91 Å². The Morgan fingerprint density at radius 1 is 1.34 bits per heavy atom. The number of aromatic nitrogens is 2. The first kappa shape index (κ1) is 26.3. The van der Waals surface area contributed by atoms with E-state index in [4.69, 9.17) is 9.84 Å². The molecule has 0 spiro atoms. The maximum atomic E-state index is 13.2. The van der Waals surface area contributed by atoms with Crippen LogP contribution in [0.15, 0.2) is 24.5 Å². The van der Waals surface area contributed by atoms with Crippen molar-refractivity contribution < 1.29 is 37.0 Å². The molecule has 35 heavy (non-hydrogen) atoms. The number of amides is 2. The van der Waals surface area contributed by atoms with E-state index in [-0.39, 0.29) is 37.1 Å². The molecular formula is C23H26F4N4O4. The molecule has 2 N–H and O–H groups in total. The van der Waals surface area contributed by atoms with Crippen LogP contribution in [0.2, 0.25) is 0 Å². The number of halogens is 4. The summed E-state index contributed by atoms with van der Waals surface area (Å²) in [5.41, 5.74) is 2.38. The molecule has 0 aromatic carbocycles. The van der Waals surface area contributed by atoms with Gasteiger partial charge in [0, 0.05) is 37.0 Å². The summed E-state index contributed by atoms with van der Waals surface area (Å²) in [4.78, 5) is 35.2. The Hall–Kier alpha value is -3.28. The summed E-state index contributed by atoms with van der Waals surface area (Å²) >= 11 is 0. The van der Waals surface area contributed by atoms with Crippen LogP contribution in [-0.2, 0) is 17.8 Å². The van der Waals surface area contributed by atoms with Crippen molar-refractivity contribution in [1.82, 2.24) is 20.2 Å². The number of alkyl halides is 4. The Morgan fingerprint density at radius 3 is 2.74 bits per heavy atom. The standard InChI is InChI=1S/C23H26F4N4O4/c1-13-8-17(30-10-19(13)35-12-23(26,27)22(24)25)14(2)31-11-16-15(21(31)34)4-6-28-18(16)9-20(33)29-5-3-7-32/h4,6,8,10,14,22,32H,3,5,7,9,11-12H2,1-2H3,(H,29,33). The number of hydrogen-bond donors (Lipinski definition) is 2. The highest BCUT2D eigenvalue weighted by Crippen LogP contribution is 2.33. The van der Waals surface area contributed by atoms with Crippen molar-refractivity contribution in [2.45, 2.75) is 51.6 Å². The van der Waals surface area contributed by atoms with Gasteiger partial charge < -0.3 is 20.1 Å². The number of hydrogen-bond acceptors (Lipinski definition) is 6. The van der Waals surface area contributed by atoms with Crippen molar-refractivity contribution in [3.05, 3.63) is 52.6 Å². The summed E-state index contributed by atoms with van der Waals surface area (Å²) in [7, 11) is 0. The number of fused-ring (bicyclic) bond motifs is 1. The van der Waals surface area contributed by atoms with Crippen molar-refractivity contribution in [1.29, 1.82) is 0 Å². The molecule has 1 unspecified atom stereocenters. The van der Waals surface area contributed by atoms with E-state index < -0.39 is 25.0 Å². The zero-order valence-electron chi connectivity index (χ0n) is 19.2. The van der Waals surface area contributed by atoms with Crippen LogP contribution < -0.4 is 10.1 Å². The average Bonchev–Trinajstić information content (AvgIpc) is 3.15. The van der Waals surface area contributed by atoms with Gasteiger partial charge >= 0.3 is 12.3 Å². The van der Waals surface area contributed by atoms with Gasteiger partial charge in [-0.25, -0.2) is 8.78 Å². The first-order valence-corrected chi connectivity index (χ1v) is 11.0. The third kappa shape index (κ3) is 6.05. The molecular weight excluding hydrogens is 472 g/mol. The number of ether oxygens (including phenoxy) is 1. The third-order valence-corrected chi connectivity index (χ3v) is 5.67. The highest BCUT2D eigenvalue weighted by atomic mass is 19.3. The minimum atomic E-state index is -4.28. The number of aryl methyl sites for hydroxylation is 1. The van der Waals surface area contributed by atoms with Gasteiger partial charge in [-0.05, 0) is 38.0 Å². The molecule has 0 fully saturated rings. The normalized spacial score (nSPS) is 14.3. The second kappa shape index (κ2) is 11.0. The molecule has 3 rings (SSSR count). The lowest BCUT2D eigenvalue weighted by Crippen LogP contribution is -2.34. The van der Waals surface area contributed by atoms with Crippen LogP contribution in [0.25, 0.3) is 0 Å². The fraction of sp³-hybridized carbons (Fsp3) is 0.478. The molecule has 2 amide bonds. The number of aliphatic hydroxyl groups is 1. The lowest BCUT2D eigenvalue weighted by Gasteiger charge is -2.24. The summed E-state index contributed by atoms with van der Waals surface area (Å²) in [5.74, 6) is -4.89. The Balaban J connectivity index is 1.72. The summed E-state index contributed by atoms with van der Waals surface area (Å²) in [6, 6.07) is 2.61. The van der Waals surface area contributed by atoms with Crippen molar-refractivity contribution >= 4 is 11.8 Å². The summed E-state index contributed by atoms with van der Waals surface area (Å²) in [6.45, 7) is 2.31. The first-order valence-electron chi connectivity index (χ1n) is 11.0. The van der Waals surface area contributed by atoms with E-state index in [1.165, 1.54) is 12.4 Å². The van der Waals surface area contributed by atoms with Gasteiger partial charge in [0.1, 0.15) is 5.75 Å². The topological polar surface area (TPSA) is 105 Å². The van der Waals surface area contributed by atoms with E-state index in [0.29, 0.717) is 41.0 Å². The molecule has 1 aliphatic heterocycles. The molecule has 0 saturated carbocycles. The van der Waals surface area contributed by atoms with Gasteiger partial charge in [0.15, 0.2) is 6.61 Å². The zero-order chi connectivity index (χ0) is 25.8. The van der Waals surface area contributed by atoms with Gasteiger partial charge in [-0.2, -0.15) is 8.78 Å². The van der Waals surface area contributed by atoms with Crippen molar-refractivity contribution in [3.8, 4) is 5.75 Å². The predicted molar refractivity (Wildman–Crippen MR) is 116 cm³/mol. The Bertz CT molecular complexity index is 1080. The van der Waals surface area contributed by atoms with E-state index in [1.807, 2.05) is 0 Å². The van der Waals surface area contributed by atoms with Crippen LogP contribution in [0.1, 0.15) is 52.3 Å². The van der Waals surface area contributed by atoms with Gasteiger partial charge in [0.05, 0.1) is 30.0 Å². The second-order valence-electron chi connectivity index (χ2n) is 8.22. The Morgan fingerprint density at radius 2 is 2.09 bits per heavy atom. The lowest BCUT2D eigenvalue weighted by atomic mass is 10.1. The van der Waals surface area contributed by atoms with Crippen molar-refractivity contribution in [2.75, 3.05) is 19.8 Å². The van der Waals surface area contributed by atoms with E-state index in [9.17, 15) is 27.2 Å². The zero-order valence-corrected chi connectivity index (χ0v) is 19.2. The molecule has 2 aromatic rings. The molecule has 1 aliphatic rings. The smallest absolute Gasteiger partial charge is 0.340 e. The summed E-state index contributed by atoms with van der Waals surface area (Å²) < 4.78 is 55.9. The maximum absolute atomic E-state index is 13.2. The fourth-order valence-corrected chi connectivity index (χ4v) is 3.64. The SMILES string of the molecule is Cc1cc(C(C)N2Cc3c(ccnc3CC(=O)NCCCO)C2=O)ncc1OCC(F)(F)C(F)F. The minimum Gasteiger partial charge on any atom is -0.485 e. The van der Waals surface area contributed by atoms with Crippen LogP contribution in [0, 0.1) is 6.92 Å². The van der Waals surface area contributed by atoms with E-state index in [2.05, 4.69) is 15.3 Å². The Kier molecular flexibility index (Phi) is 8.26. The molecule has 0 aliphatic carbocycles. The second-order valence-corrected chi connectivity index (χ2v) is 8.22. The summed E-state index contributed by atoms with van der Waals surface area (Å²) in [6.07, 6.45) is -0.799. The Labute approximate surface area is 199 Å². The van der Waals surface area contributed by atoms with Gasteiger partial charge in [0.2, 0.25) is 5.91 Å². The molecule has 12 heteroatoms. The molecule has 8 nitrogen and oxygen atoms in total. The van der Waals surface area contributed by atoms with Gasteiger partial charge in [-0.15, -0.1) is 0 Å². The molecule has 0 radical (unpaired) electrons. The van der Waals surface area contributed by atoms with E-state index >= 15 is 0 Å². The van der Waals surface area contributed by atoms with Crippen LogP contribution in [0.5, 0.6) is 5.75 Å². The minimum absolute atomic E-state index is 0.0171. The number of nitrogens with one attached hydrogen (secondary N) is 1. The van der Waals surface area contributed by atoms with Crippen LogP contribution in [0.4, 0.5) is 17.6 Å². The van der Waals surface area contributed by atoms with Crippen LogP contribution in [0.3, 0.4) is 0 Å². The van der Waals surface area contributed by atoms with Crippen molar-refractivity contribution in [3.63, 3.8) is 0 Å². The van der Waals surface area contributed by atoms with Gasteiger partial charge in [-0.1, -0.05) is 0 Å². The van der Waals surface area contributed by atoms with Crippen LogP contribution >= 0.6 is 0 Å². The molecule has 3 heterocycles. The maximum Gasteiger partial charge on any atom is 0.340 e. The van der Waals surface area contributed by atoms with Gasteiger partial charge in [-0.3, -0.25) is 19.6 Å². The fourth-order valence-electron chi connectivity index (χ4n) is 3.64.